The maximum Gasteiger partial charge on any atom is 0.410 e. The summed E-state index contributed by atoms with van der Waals surface area (Å²) in [4.78, 5) is 21.1. The van der Waals surface area contributed by atoms with Gasteiger partial charge in [-0.3, -0.25) is 0 Å². The van der Waals surface area contributed by atoms with Crippen LogP contribution in [0.25, 0.3) is 0 Å². The second-order valence-corrected chi connectivity index (χ2v) is 8.70. The van der Waals surface area contributed by atoms with E-state index in [-0.39, 0.29) is 12.1 Å². The highest BCUT2D eigenvalue weighted by Crippen LogP contribution is 2.47. The van der Waals surface area contributed by atoms with Gasteiger partial charge in [0, 0.05) is 32.1 Å². The van der Waals surface area contributed by atoms with Crippen LogP contribution in [0.15, 0.2) is 16.7 Å². The summed E-state index contributed by atoms with van der Waals surface area (Å²) in [5.41, 5.74) is 0.840. The summed E-state index contributed by atoms with van der Waals surface area (Å²) in [6.45, 7) is 5.71. The molecule has 1 aromatic rings. The number of halogens is 1. The smallest absolute Gasteiger partial charge is 0.410 e. The number of anilines is 1. The van der Waals surface area contributed by atoms with Crippen molar-refractivity contribution in [1.82, 2.24) is 9.88 Å². The molecule has 3 unspecified atom stereocenters. The average Bonchev–Trinajstić information content (AvgIpc) is 2.77. The number of rotatable bonds is 1. The molecular weight excluding hydrogens is 370 g/mol. The van der Waals surface area contributed by atoms with Gasteiger partial charge in [-0.25, -0.2) is 9.78 Å². The fourth-order valence-electron chi connectivity index (χ4n) is 3.93. The third-order valence-corrected chi connectivity index (χ3v) is 5.56. The van der Waals surface area contributed by atoms with Crippen molar-refractivity contribution in [1.29, 1.82) is 0 Å². The van der Waals surface area contributed by atoms with E-state index in [4.69, 9.17) is 4.74 Å². The predicted molar refractivity (Wildman–Crippen MR) is 98.5 cm³/mol. The molecule has 3 atom stereocenters. The Kier molecular flexibility index (Phi) is 4.53. The highest BCUT2D eigenvalue weighted by molar-refractivity contribution is 9.10. The van der Waals surface area contributed by atoms with Crippen LogP contribution in [0.4, 0.5) is 10.6 Å². The van der Waals surface area contributed by atoms with Gasteiger partial charge in [-0.15, -0.1) is 0 Å². The van der Waals surface area contributed by atoms with Crippen LogP contribution in [0.1, 0.15) is 51.5 Å². The molecule has 1 aromatic heterocycles. The fraction of sp³-hybridized carbons (Fsp3) is 0.667. The van der Waals surface area contributed by atoms with Crippen molar-refractivity contribution in [3.8, 4) is 0 Å². The van der Waals surface area contributed by atoms with Crippen LogP contribution < -0.4 is 4.90 Å². The second kappa shape index (κ2) is 6.21. The second-order valence-electron chi connectivity index (χ2n) is 7.89. The minimum Gasteiger partial charge on any atom is -0.444 e. The number of ether oxygens (including phenoxy) is 1. The lowest BCUT2D eigenvalue weighted by Gasteiger charge is -2.39. The van der Waals surface area contributed by atoms with E-state index in [0.717, 1.165) is 29.7 Å². The number of aromatic nitrogens is 1. The van der Waals surface area contributed by atoms with E-state index in [2.05, 4.69) is 38.9 Å². The van der Waals surface area contributed by atoms with Crippen molar-refractivity contribution in [3.63, 3.8) is 0 Å². The Morgan fingerprint density at radius 1 is 1.38 bits per heavy atom. The summed E-state index contributed by atoms with van der Waals surface area (Å²) in [7, 11) is 3.99. The Hall–Kier alpha value is -1.30. The van der Waals surface area contributed by atoms with Gasteiger partial charge >= 0.3 is 6.09 Å². The van der Waals surface area contributed by atoms with Gasteiger partial charge < -0.3 is 14.5 Å². The van der Waals surface area contributed by atoms with E-state index in [1.54, 1.807) is 4.90 Å². The van der Waals surface area contributed by atoms with Gasteiger partial charge in [-0.2, -0.15) is 0 Å². The number of amides is 1. The van der Waals surface area contributed by atoms with Crippen molar-refractivity contribution in [2.24, 2.45) is 0 Å². The molecule has 1 saturated carbocycles. The number of hydrogen-bond acceptors (Lipinski definition) is 4. The normalized spacial score (nSPS) is 25.9. The SMILES string of the molecule is CN(C(=O)OC(C)(C)C)C1CCC2C(C1)c1ccc(Br)nc1N2C. The zero-order chi connectivity index (χ0) is 17.6. The summed E-state index contributed by atoms with van der Waals surface area (Å²) in [6.07, 6.45) is 2.79. The van der Waals surface area contributed by atoms with Crippen LogP contribution in [-0.4, -0.2) is 47.8 Å². The maximum atomic E-state index is 12.4. The molecule has 0 radical (unpaired) electrons. The minimum absolute atomic E-state index is 0.212. The van der Waals surface area contributed by atoms with Gasteiger partial charge in [0.25, 0.3) is 0 Å². The maximum absolute atomic E-state index is 12.4. The Bertz CT molecular complexity index is 644. The molecule has 0 bridgehead atoms. The lowest BCUT2D eigenvalue weighted by atomic mass is 9.79. The Labute approximate surface area is 152 Å². The van der Waals surface area contributed by atoms with Crippen molar-refractivity contribution in [3.05, 3.63) is 22.3 Å². The molecule has 24 heavy (non-hydrogen) atoms. The summed E-state index contributed by atoms with van der Waals surface area (Å²) >= 11 is 3.47. The average molecular weight is 396 g/mol. The quantitative estimate of drug-likeness (QED) is 0.669. The van der Waals surface area contributed by atoms with Crippen molar-refractivity contribution >= 4 is 27.8 Å². The molecule has 1 aliphatic heterocycles. The molecule has 0 aromatic carbocycles. The topological polar surface area (TPSA) is 45.7 Å². The molecule has 1 aliphatic carbocycles. The molecule has 0 spiro atoms. The van der Waals surface area contributed by atoms with Gasteiger partial charge in [-0.05, 0) is 67.6 Å². The van der Waals surface area contributed by atoms with Crippen LogP contribution in [0.5, 0.6) is 0 Å². The first-order valence-electron chi connectivity index (χ1n) is 8.52. The summed E-state index contributed by atoms with van der Waals surface area (Å²) < 4.78 is 6.40. The van der Waals surface area contributed by atoms with Gasteiger partial charge in [-0.1, -0.05) is 6.07 Å². The highest BCUT2D eigenvalue weighted by atomic mass is 79.9. The van der Waals surface area contributed by atoms with E-state index in [0.29, 0.717) is 12.0 Å². The van der Waals surface area contributed by atoms with Crippen molar-refractivity contribution < 1.29 is 9.53 Å². The highest BCUT2D eigenvalue weighted by Gasteiger charge is 2.43. The van der Waals surface area contributed by atoms with Gasteiger partial charge in [0.1, 0.15) is 16.0 Å². The summed E-state index contributed by atoms with van der Waals surface area (Å²) in [5.74, 6) is 1.49. The third kappa shape index (κ3) is 3.25. The van der Waals surface area contributed by atoms with Crippen molar-refractivity contribution in [2.45, 2.75) is 63.6 Å². The summed E-state index contributed by atoms with van der Waals surface area (Å²) in [6, 6.07) is 4.87. The standard InChI is InChI=1S/C18H26BrN3O2/c1-18(2,3)24-17(23)21(4)11-6-8-14-13(10-11)12-7-9-15(19)20-16(12)22(14)5/h7,9,11,13-14H,6,8,10H2,1-5H3. The molecular formula is C18H26BrN3O2. The molecule has 3 rings (SSSR count). The number of fused-ring (bicyclic) bond motifs is 3. The predicted octanol–water partition coefficient (Wildman–Crippen LogP) is 4.17. The Morgan fingerprint density at radius 3 is 2.75 bits per heavy atom. The zero-order valence-electron chi connectivity index (χ0n) is 15.0. The minimum atomic E-state index is -0.459. The number of carbonyl (C=O) groups is 1. The molecule has 0 N–H and O–H groups in total. The number of likely N-dealkylation sites (N-methyl/N-ethyl adjacent to an activating group) is 1. The van der Waals surface area contributed by atoms with E-state index < -0.39 is 5.60 Å². The third-order valence-electron chi connectivity index (χ3n) is 5.12. The molecule has 1 fully saturated rings. The molecule has 5 nitrogen and oxygen atoms in total. The van der Waals surface area contributed by atoms with E-state index in [9.17, 15) is 4.79 Å². The van der Waals surface area contributed by atoms with E-state index >= 15 is 0 Å². The monoisotopic (exact) mass is 395 g/mol. The number of pyridine rings is 1. The number of carbonyl (C=O) groups excluding carboxylic acids is 1. The fourth-order valence-corrected chi connectivity index (χ4v) is 4.23. The Balaban J connectivity index is 1.76. The molecule has 0 saturated heterocycles. The lowest BCUT2D eigenvalue weighted by Crippen LogP contribution is -2.46. The van der Waals surface area contributed by atoms with Gasteiger partial charge in [0.2, 0.25) is 0 Å². The van der Waals surface area contributed by atoms with Crippen LogP contribution in [0.3, 0.4) is 0 Å². The van der Waals surface area contributed by atoms with Crippen LogP contribution in [0.2, 0.25) is 0 Å². The molecule has 2 heterocycles. The van der Waals surface area contributed by atoms with Crippen LogP contribution >= 0.6 is 15.9 Å². The van der Waals surface area contributed by atoms with Crippen molar-refractivity contribution in [2.75, 3.05) is 19.0 Å². The molecule has 2 aliphatic rings. The Morgan fingerprint density at radius 2 is 2.08 bits per heavy atom. The first-order chi connectivity index (χ1) is 11.2. The zero-order valence-corrected chi connectivity index (χ0v) is 16.6. The first kappa shape index (κ1) is 17.5. The molecule has 6 heteroatoms. The van der Waals surface area contributed by atoms with Gasteiger partial charge in [0.05, 0.1) is 0 Å². The number of hydrogen-bond donors (Lipinski definition) is 0. The van der Waals surface area contributed by atoms with Crippen LogP contribution in [0, 0.1) is 0 Å². The molecule has 1 amide bonds. The van der Waals surface area contributed by atoms with Gasteiger partial charge in [0.15, 0.2) is 0 Å². The van der Waals surface area contributed by atoms with E-state index in [1.807, 2.05) is 33.9 Å². The largest absolute Gasteiger partial charge is 0.444 e. The van der Waals surface area contributed by atoms with Crippen LogP contribution in [-0.2, 0) is 4.74 Å². The number of nitrogens with zero attached hydrogens (tertiary/aromatic N) is 3. The lowest BCUT2D eigenvalue weighted by molar-refractivity contribution is 0.0176. The first-order valence-corrected chi connectivity index (χ1v) is 9.32. The van der Waals surface area contributed by atoms with E-state index in [1.165, 1.54) is 5.56 Å². The molecule has 132 valence electrons. The summed E-state index contributed by atoms with van der Waals surface area (Å²) in [5, 5.41) is 0.